The molecule has 0 heterocycles. The molecule has 0 aromatic heterocycles. The monoisotopic (exact) mass is 266 g/mol. The third-order valence-corrected chi connectivity index (χ3v) is 6.58. The summed E-state index contributed by atoms with van der Waals surface area (Å²) in [4.78, 5) is 23.6. The van der Waals surface area contributed by atoms with Crippen molar-refractivity contribution < 1.29 is 14.3 Å². The van der Waals surface area contributed by atoms with Crippen molar-refractivity contribution in [1.82, 2.24) is 0 Å². The molecule has 2 aliphatic rings. The van der Waals surface area contributed by atoms with E-state index in [9.17, 15) is 9.59 Å². The number of carbonyl (C=O) groups is 2. The van der Waals surface area contributed by atoms with Crippen molar-refractivity contribution in [3.63, 3.8) is 0 Å². The van der Waals surface area contributed by atoms with Crippen molar-refractivity contribution in [2.75, 3.05) is 0 Å². The Morgan fingerprint density at radius 3 is 2.37 bits per heavy atom. The maximum Gasteiger partial charge on any atom is 0.302 e. The summed E-state index contributed by atoms with van der Waals surface area (Å²) in [5.74, 6) is 0.176. The van der Waals surface area contributed by atoms with Crippen LogP contribution >= 0.6 is 0 Å². The summed E-state index contributed by atoms with van der Waals surface area (Å²) in [7, 11) is 0. The van der Waals surface area contributed by atoms with Crippen LogP contribution in [0, 0.1) is 22.2 Å². The number of carbonyl (C=O) groups excluding carboxylic acids is 2. The van der Waals surface area contributed by atoms with Crippen molar-refractivity contribution in [3.05, 3.63) is 0 Å². The quantitative estimate of drug-likeness (QED) is 0.683. The van der Waals surface area contributed by atoms with Gasteiger partial charge < -0.3 is 4.74 Å². The molecule has 0 unspecified atom stereocenters. The van der Waals surface area contributed by atoms with E-state index in [1.807, 2.05) is 6.92 Å². The molecule has 3 nitrogen and oxygen atoms in total. The molecule has 0 bridgehead atoms. The van der Waals surface area contributed by atoms with Crippen LogP contribution in [0.1, 0.15) is 60.8 Å². The summed E-state index contributed by atoms with van der Waals surface area (Å²) < 4.78 is 5.56. The third kappa shape index (κ3) is 1.70. The number of hydrogen-bond donors (Lipinski definition) is 0. The maximum absolute atomic E-state index is 12.3. The second-order valence-corrected chi connectivity index (χ2v) is 7.49. The first kappa shape index (κ1) is 14.5. The summed E-state index contributed by atoms with van der Waals surface area (Å²) in [5, 5.41) is 0. The highest BCUT2D eigenvalue weighted by molar-refractivity contribution is 5.85. The zero-order valence-electron chi connectivity index (χ0n) is 13.0. The molecular weight excluding hydrogens is 240 g/mol. The summed E-state index contributed by atoms with van der Waals surface area (Å²) in [5.41, 5.74) is -0.268. The molecule has 0 saturated heterocycles. The maximum atomic E-state index is 12.3. The Bertz CT molecular complexity index is 426. The minimum Gasteiger partial charge on any atom is -0.462 e. The summed E-state index contributed by atoms with van der Waals surface area (Å²) in [6, 6.07) is 0. The molecule has 0 aromatic carbocycles. The Labute approximate surface area is 116 Å². The smallest absolute Gasteiger partial charge is 0.302 e. The largest absolute Gasteiger partial charge is 0.462 e. The lowest BCUT2D eigenvalue weighted by atomic mass is 9.46. The van der Waals surface area contributed by atoms with Crippen molar-refractivity contribution in [2.45, 2.75) is 66.9 Å². The van der Waals surface area contributed by atoms with Gasteiger partial charge in [-0.25, -0.2) is 0 Å². The molecular formula is C16H26O3. The van der Waals surface area contributed by atoms with Crippen LogP contribution in [-0.4, -0.2) is 17.9 Å². The molecule has 0 N–H and O–H groups in total. The molecule has 2 aliphatic carbocycles. The first-order chi connectivity index (χ1) is 8.56. The fourth-order valence-electron chi connectivity index (χ4n) is 4.80. The van der Waals surface area contributed by atoms with E-state index in [4.69, 9.17) is 4.74 Å². The van der Waals surface area contributed by atoms with Gasteiger partial charge in [-0.2, -0.15) is 0 Å². The zero-order valence-corrected chi connectivity index (χ0v) is 13.0. The van der Waals surface area contributed by atoms with Gasteiger partial charge in [0, 0.05) is 24.7 Å². The van der Waals surface area contributed by atoms with E-state index in [2.05, 4.69) is 27.7 Å². The molecule has 0 aliphatic heterocycles. The number of ether oxygens (including phenoxy) is 1. The lowest BCUT2D eigenvalue weighted by molar-refractivity contribution is -0.189. The first-order valence-electron chi connectivity index (χ1n) is 7.26. The fourth-order valence-corrected chi connectivity index (χ4v) is 4.80. The van der Waals surface area contributed by atoms with Crippen LogP contribution in [0.25, 0.3) is 0 Å². The predicted octanol–water partition coefficient (Wildman–Crippen LogP) is 3.36. The van der Waals surface area contributed by atoms with Gasteiger partial charge >= 0.3 is 5.97 Å². The Kier molecular flexibility index (Phi) is 3.11. The molecule has 0 spiro atoms. The Morgan fingerprint density at radius 2 is 1.84 bits per heavy atom. The second kappa shape index (κ2) is 4.07. The highest BCUT2D eigenvalue weighted by atomic mass is 16.5. The van der Waals surface area contributed by atoms with Gasteiger partial charge in [0.15, 0.2) is 0 Å². The highest BCUT2D eigenvalue weighted by Gasteiger charge is 2.67. The summed E-state index contributed by atoms with van der Waals surface area (Å²) in [6.45, 7) is 12.3. The van der Waals surface area contributed by atoms with Crippen molar-refractivity contribution in [2.24, 2.45) is 22.2 Å². The number of esters is 1. The molecule has 108 valence electrons. The number of Topliss-reactive ketones (excluding diaryl/α,β-unsaturated/α-hetero) is 1. The molecule has 0 radical (unpaired) electrons. The van der Waals surface area contributed by atoms with Gasteiger partial charge in [0.1, 0.15) is 11.9 Å². The van der Waals surface area contributed by atoms with Crippen LogP contribution in [0.15, 0.2) is 0 Å². The molecule has 4 atom stereocenters. The lowest BCUT2D eigenvalue weighted by Gasteiger charge is -2.59. The Hall–Kier alpha value is -0.860. The second-order valence-electron chi connectivity index (χ2n) is 7.49. The van der Waals surface area contributed by atoms with Crippen molar-refractivity contribution >= 4 is 11.8 Å². The predicted molar refractivity (Wildman–Crippen MR) is 73.6 cm³/mol. The van der Waals surface area contributed by atoms with Crippen molar-refractivity contribution in [1.29, 1.82) is 0 Å². The van der Waals surface area contributed by atoms with Gasteiger partial charge in [-0.3, -0.25) is 9.59 Å². The van der Waals surface area contributed by atoms with Gasteiger partial charge in [-0.05, 0) is 23.7 Å². The number of ketones is 1. The van der Waals surface area contributed by atoms with Crippen LogP contribution in [-0.2, 0) is 14.3 Å². The summed E-state index contributed by atoms with van der Waals surface area (Å²) >= 11 is 0. The normalized spacial score (nSPS) is 44.8. The molecule has 0 amide bonds. The first-order valence-corrected chi connectivity index (χ1v) is 7.26. The van der Waals surface area contributed by atoms with Crippen LogP contribution in [0.3, 0.4) is 0 Å². The van der Waals surface area contributed by atoms with E-state index in [0.29, 0.717) is 12.2 Å². The third-order valence-electron chi connectivity index (χ3n) is 6.58. The average molecular weight is 266 g/mol. The number of hydrogen-bond acceptors (Lipinski definition) is 3. The van der Waals surface area contributed by atoms with E-state index in [0.717, 1.165) is 12.8 Å². The van der Waals surface area contributed by atoms with Gasteiger partial charge in [0.2, 0.25) is 0 Å². The molecule has 0 aromatic rings. The van der Waals surface area contributed by atoms with Crippen LogP contribution in [0.4, 0.5) is 0 Å². The molecule has 2 saturated carbocycles. The topological polar surface area (TPSA) is 43.4 Å². The van der Waals surface area contributed by atoms with Gasteiger partial charge in [-0.15, -0.1) is 0 Å². The van der Waals surface area contributed by atoms with Gasteiger partial charge in [0.25, 0.3) is 0 Å². The van der Waals surface area contributed by atoms with E-state index in [-0.39, 0.29) is 34.2 Å². The standard InChI is InChI=1S/C16H26O3/c1-10-12(18)9-15(5)8-7-13(19-11(2)17)14(3,4)16(10,15)6/h10,13H,7-9H2,1-6H3/t10-,13-,15-,16-/m1/s1. The average Bonchev–Trinajstić information content (AvgIpc) is 2.46. The minimum atomic E-state index is -0.220. The van der Waals surface area contributed by atoms with Crippen LogP contribution in [0.5, 0.6) is 0 Å². The van der Waals surface area contributed by atoms with E-state index in [1.165, 1.54) is 6.92 Å². The molecule has 3 heteroatoms. The molecule has 2 rings (SSSR count). The van der Waals surface area contributed by atoms with Gasteiger partial charge in [-0.1, -0.05) is 34.6 Å². The summed E-state index contributed by atoms with van der Waals surface area (Å²) in [6.07, 6.45) is 2.40. The van der Waals surface area contributed by atoms with Crippen LogP contribution < -0.4 is 0 Å². The molecule has 19 heavy (non-hydrogen) atoms. The Balaban J connectivity index is 2.45. The fraction of sp³-hybridized carbons (Fsp3) is 0.875. The lowest BCUT2D eigenvalue weighted by Crippen LogP contribution is -2.58. The number of rotatable bonds is 1. The Morgan fingerprint density at radius 1 is 1.26 bits per heavy atom. The highest BCUT2D eigenvalue weighted by Crippen LogP contribution is 2.68. The minimum absolute atomic E-state index is 0.0314. The van der Waals surface area contributed by atoms with Gasteiger partial charge in [0.05, 0.1) is 0 Å². The molecule has 2 fully saturated rings. The van der Waals surface area contributed by atoms with Crippen LogP contribution in [0.2, 0.25) is 0 Å². The van der Waals surface area contributed by atoms with E-state index >= 15 is 0 Å². The SMILES string of the molecule is CC(=O)O[C@@H]1CC[C@]2(C)CC(=O)[C@@H](C)[C@]2(C)C1(C)C. The van der Waals surface area contributed by atoms with E-state index < -0.39 is 0 Å². The van der Waals surface area contributed by atoms with E-state index in [1.54, 1.807) is 0 Å². The van der Waals surface area contributed by atoms with Crippen molar-refractivity contribution in [3.8, 4) is 0 Å². The zero-order chi connectivity index (χ0) is 14.6. The number of fused-ring (bicyclic) bond motifs is 1.